The lowest BCUT2D eigenvalue weighted by Crippen LogP contribution is -2.35. The maximum absolute atomic E-state index is 6.48. The van der Waals surface area contributed by atoms with Gasteiger partial charge in [0.1, 0.15) is 0 Å². The van der Waals surface area contributed by atoms with Gasteiger partial charge in [-0.2, -0.15) is 0 Å². The zero-order valence-corrected chi connectivity index (χ0v) is 13.8. The highest BCUT2D eigenvalue weighted by Gasteiger charge is 2.34. The van der Waals surface area contributed by atoms with Crippen LogP contribution in [-0.2, 0) is 6.42 Å². The molecule has 2 atom stereocenters. The number of hydrogen-bond donors (Lipinski definition) is 1. The molecule has 0 radical (unpaired) electrons. The van der Waals surface area contributed by atoms with Crippen molar-refractivity contribution in [2.45, 2.75) is 64.0 Å². The molecule has 3 heteroatoms. The van der Waals surface area contributed by atoms with Crippen LogP contribution in [0.3, 0.4) is 0 Å². The Morgan fingerprint density at radius 3 is 2.71 bits per heavy atom. The molecule has 1 saturated carbocycles. The van der Waals surface area contributed by atoms with E-state index in [2.05, 4.69) is 24.0 Å². The van der Waals surface area contributed by atoms with Gasteiger partial charge in [0.05, 0.1) is 0 Å². The van der Waals surface area contributed by atoms with Crippen molar-refractivity contribution in [2.75, 3.05) is 11.4 Å². The number of benzene rings is 1. The molecule has 1 aromatic rings. The first-order valence-electron chi connectivity index (χ1n) is 8.46. The largest absolute Gasteiger partial charge is 0.368 e. The van der Waals surface area contributed by atoms with Crippen LogP contribution in [-0.4, -0.2) is 18.6 Å². The Bertz CT molecular complexity index is 480. The molecule has 2 N–H and O–H groups in total. The van der Waals surface area contributed by atoms with Gasteiger partial charge in [0.15, 0.2) is 0 Å². The minimum atomic E-state index is 0.149. The summed E-state index contributed by atoms with van der Waals surface area (Å²) >= 11 is 6.48. The fourth-order valence-electron chi connectivity index (χ4n) is 4.26. The maximum atomic E-state index is 6.48. The first-order chi connectivity index (χ1) is 10.2. The van der Waals surface area contributed by atoms with Crippen molar-refractivity contribution in [1.82, 2.24) is 0 Å². The molecular weight excluding hydrogens is 280 g/mol. The third kappa shape index (κ3) is 3.22. The van der Waals surface area contributed by atoms with Crippen molar-refractivity contribution in [2.24, 2.45) is 11.7 Å². The van der Waals surface area contributed by atoms with E-state index in [9.17, 15) is 0 Å². The van der Waals surface area contributed by atoms with E-state index < -0.39 is 0 Å². The van der Waals surface area contributed by atoms with E-state index in [4.69, 9.17) is 17.3 Å². The van der Waals surface area contributed by atoms with Crippen LogP contribution in [0.4, 0.5) is 5.69 Å². The number of nitrogens with two attached hydrogens (primary N) is 1. The van der Waals surface area contributed by atoms with Crippen LogP contribution in [0.5, 0.6) is 0 Å². The van der Waals surface area contributed by atoms with Gasteiger partial charge in [-0.1, -0.05) is 30.5 Å². The zero-order chi connectivity index (χ0) is 14.8. The van der Waals surface area contributed by atoms with Crippen LogP contribution < -0.4 is 10.6 Å². The van der Waals surface area contributed by atoms with Crippen molar-refractivity contribution in [1.29, 1.82) is 0 Å². The number of halogens is 1. The Balaban J connectivity index is 1.89. The molecule has 0 amide bonds. The smallest absolute Gasteiger partial charge is 0.0459 e. The summed E-state index contributed by atoms with van der Waals surface area (Å²) in [6.07, 6.45) is 9.16. The Hall–Kier alpha value is -0.730. The Morgan fingerprint density at radius 1 is 1.24 bits per heavy atom. The summed E-state index contributed by atoms with van der Waals surface area (Å²) < 4.78 is 0. The summed E-state index contributed by atoms with van der Waals surface area (Å²) in [6, 6.07) is 7.21. The Kier molecular flexibility index (Phi) is 4.75. The molecule has 21 heavy (non-hydrogen) atoms. The SMILES string of the molecule is CC(N)Cc1c(Cl)cccc1N1CCCC1C1CCCC1. The highest BCUT2D eigenvalue weighted by Crippen LogP contribution is 2.40. The molecule has 0 aromatic heterocycles. The minimum absolute atomic E-state index is 0.149. The number of anilines is 1. The summed E-state index contributed by atoms with van der Waals surface area (Å²) in [6.45, 7) is 3.24. The molecule has 1 heterocycles. The highest BCUT2D eigenvalue weighted by molar-refractivity contribution is 6.31. The van der Waals surface area contributed by atoms with E-state index in [0.29, 0.717) is 0 Å². The summed E-state index contributed by atoms with van der Waals surface area (Å²) in [5.41, 5.74) is 8.63. The van der Waals surface area contributed by atoms with E-state index in [0.717, 1.165) is 23.4 Å². The van der Waals surface area contributed by atoms with Gasteiger partial charge in [0, 0.05) is 29.3 Å². The number of rotatable bonds is 4. The van der Waals surface area contributed by atoms with Crippen LogP contribution in [0.25, 0.3) is 0 Å². The molecule has 2 fully saturated rings. The van der Waals surface area contributed by atoms with Crippen LogP contribution in [0, 0.1) is 5.92 Å². The first-order valence-corrected chi connectivity index (χ1v) is 8.84. The highest BCUT2D eigenvalue weighted by atomic mass is 35.5. The van der Waals surface area contributed by atoms with Gasteiger partial charge in [0.25, 0.3) is 0 Å². The molecule has 1 aliphatic heterocycles. The summed E-state index contributed by atoms with van der Waals surface area (Å²) in [5, 5.41) is 0.877. The second-order valence-electron chi connectivity index (χ2n) is 6.87. The second kappa shape index (κ2) is 6.58. The molecule has 2 nitrogen and oxygen atoms in total. The van der Waals surface area contributed by atoms with Crippen molar-refractivity contribution in [3.63, 3.8) is 0 Å². The molecule has 2 aliphatic rings. The van der Waals surface area contributed by atoms with Gasteiger partial charge in [-0.25, -0.2) is 0 Å². The van der Waals surface area contributed by atoms with Gasteiger partial charge in [-0.3, -0.25) is 0 Å². The fourth-order valence-corrected chi connectivity index (χ4v) is 4.51. The molecule has 116 valence electrons. The normalized spacial score (nSPS) is 24.7. The van der Waals surface area contributed by atoms with Crippen LogP contribution in [0.2, 0.25) is 5.02 Å². The molecule has 0 spiro atoms. The Morgan fingerprint density at radius 2 is 2.00 bits per heavy atom. The predicted octanol–water partition coefficient (Wildman–Crippen LogP) is 4.39. The van der Waals surface area contributed by atoms with E-state index in [-0.39, 0.29) is 6.04 Å². The number of nitrogens with zero attached hydrogens (tertiary/aromatic N) is 1. The van der Waals surface area contributed by atoms with Crippen molar-refractivity contribution in [3.8, 4) is 0 Å². The van der Waals surface area contributed by atoms with E-state index in [1.54, 1.807) is 0 Å². The first kappa shape index (κ1) is 15.2. The molecule has 3 rings (SSSR count). The standard InChI is InChI=1S/C18H27ClN2/c1-13(20)12-15-16(19)8-4-9-18(15)21-11-5-10-17(21)14-6-2-3-7-14/h4,8-9,13-14,17H,2-3,5-7,10-12,20H2,1H3. The lowest BCUT2D eigenvalue weighted by Gasteiger charge is -2.33. The fraction of sp³-hybridized carbons (Fsp3) is 0.667. The minimum Gasteiger partial charge on any atom is -0.368 e. The van der Waals surface area contributed by atoms with Gasteiger partial charge < -0.3 is 10.6 Å². The Labute approximate surface area is 133 Å². The van der Waals surface area contributed by atoms with Crippen molar-refractivity contribution >= 4 is 17.3 Å². The molecule has 0 bridgehead atoms. The predicted molar refractivity (Wildman–Crippen MR) is 91.1 cm³/mol. The van der Waals surface area contributed by atoms with Crippen LogP contribution >= 0.6 is 11.6 Å². The quantitative estimate of drug-likeness (QED) is 0.894. The second-order valence-corrected chi connectivity index (χ2v) is 7.27. The summed E-state index contributed by atoms with van der Waals surface area (Å²) in [4.78, 5) is 2.64. The van der Waals surface area contributed by atoms with E-state index in [1.807, 2.05) is 6.07 Å². The van der Waals surface area contributed by atoms with Crippen LogP contribution in [0.1, 0.15) is 51.0 Å². The molecule has 2 unspecified atom stereocenters. The van der Waals surface area contributed by atoms with Gasteiger partial charge in [-0.05, 0) is 62.6 Å². The topological polar surface area (TPSA) is 29.3 Å². The lowest BCUT2D eigenvalue weighted by atomic mass is 9.95. The summed E-state index contributed by atoms with van der Waals surface area (Å²) in [7, 11) is 0. The molecule has 1 aromatic carbocycles. The lowest BCUT2D eigenvalue weighted by molar-refractivity contribution is 0.430. The average molecular weight is 307 g/mol. The summed E-state index contributed by atoms with van der Waals surface area (Å²) in [5.74, 6) is 0.884. The molecular formula is C18H27ClN2. The third-order valence-corrected chi connectivity index (χ3v) is 5.53. The van der Waals surface area contributed by atoms with E-state index >= 15 is 0 Å². The number of hydrogen-bond acceptors (Lipinski definition) is 2. The van der Waals surface area contributed by atoms with Crippen molar-refractivity contribution in [3.05, 3.63) is 28.8 Å². The monoisotopic (exact) mass is 306 g/mol. The third-order valence-electron chi connectivity index (χ3n) is 5.17. The van der Waals surface area contributed by atoms with Crippen molar-refractivity contribution < 1.29 is 0 Å². The molecule has 1 aliphatic carbocycles. The zero-order valence-electron chi connectivity index (χ0n) is 13.0. The maximum Gasteiger partial charge on any atom is 0.0459 e. The van der Waals surface area contributed by atoms with Gasteiger partial charge in [-0.15, -0.1) is 0 Å². The average Bonchev–Trinajstić information content (AvgIpc) is 3.09. The molecule has 1 saturated heterocycles. The van der Waals surface area contributed by atoms with Gasteiger partial charge in [0.2, 0.25) is 0 Å². The van der Waals surface area contributed by atoms with Gasteiger partial charge >= 0.3 is 0 Å². The van der Waals surface area contributed by atoms with E-state index in [1.165, 1.54) is 56.3 Å². The van der Waals surface area contributed by atoms with Crippen LogP contribution in [0.15, 0.2) is 18.2 Å².